The molecule has 208 valence electrons. The van der Waals surface area contributed by atoms with Gasteiger partial charge >= 0.3 is 5.97 Å². The molecule has 4 atom stereocenters. The van der Waals surface area contributed by atoms with Crippen molar-refractivity contribution < 1.29 is 24.3 Å². The molecule has 0 radical (unpaired) electrons. The number of carboxylic acid groups (broad SMARTS) is 1. The Morgan fingerprint density at radius 2 is 1.92 bits per heavy atom. The normalized spacial score (nSPS) is 17.6. The fourth-order valence-electron chi connectivity index (χ4n) is 4.97. The Kier molecular flexibility index (Phi) is 8.65. The Morgan fingerprint density at radius 3 is 2.62 bits per heavy atom. The van der Waals surface area contributed by atoms with Gasteiger partial charge in [0.15, 0.2) is 0 Å². The molecule has 12 heteroatoms. The van der Waals surface area contributed by atoms with Gasteiger partial charge in [-0.2, -0.15) is 0 Å². The van der Waals surface area contributed by atoms with Crippen LogP contribution in [0, 0.1) is 5.92 Å². The van der Waals surface area contributed by atoms with Crippen molar-refractivity contribution in [3.8, 4) is 0 Å². The second kappa shape index (κ2) is 12.1. The number of benzene rings is 1. The summed E-state index contributed by atoms with van der Waals surface area (Å²) in [6, 6.07) is 3.74. The van der Waals surface area contributed by atoms with Crippen LogP contribution in [-0.4, -0.2) is 79.4 Å². The van der Waals surface area contributed by atoms with E-state index in [2.05, 4.69) is 25.6 Å². The van der Waals surface area contributed by atoms with Crippen LogP contribution in [0.15, 0.2) is 43.0 Å². The molecule has 0 saturated carbocycles. The number of nitrogens with zero attached hydrogens (tertiary/aromatic N) is 2. The highest BCUT2D eigenvalue weighted by Crippen LogP contribution is 2.22. The maximum atomic E-state index is 13.6. The first-order chi connectivity index (χ1) is 18.7. The Labute approximate surface area is 225 Å². The number of nitrogens with one attached hydrogen (secondary N) is 4. The summed E-state index contributed by atoms with van der Waals surface area (Å²) in [6.45, 7) is 3.93. The van der Waals surface area contributed by atoms with E-state index in [1.807, 2.05) is 24.3 Å². The van der Waals surface area contributed by atoms with Gasteiger partial charge in [0.1, 0.15) is 18.1 Å². The quantitative estimate of drug-likeness (QED) is 0.208. The predicted octanol–water partition coefficient (Wildman–Crippen LogP) is 0.705. The molecule has 0 bridgehead atoms. The molecule has 3 heterocycles. The molecule has 2 aromatic heterocycles. The fourth-order valence-corrected chi connectivity index (χ4v) is 4.97. The van der Waals surface area contributed by atoms with Crippen LogP contribution in [0.1, 0.15) is 37.9 Å². The monoisotopic (exact) mass is 537 g/mol. The van der Waals surface area contributed by atoms with Gasteiger partial charge in [0.25, 0.3) is 0 Å². The van der Waals surface area contributed by atoms with E-state index in [0.29, 0.717) is 25.1 Å². The number of fused-ring (bicyclic) bond motifs is 1. The third-order valence-corrected chi connectivity index (χ3v) is 7.11. The van der Waals surface area contributed by atoms with Gasteiger partial charge in [0.05, 0.1) is 12.4 Å². The molecule has 1 aromatic carbocycles. The minimum absolute atomic E-state index is 0.0879. The van der Waals surface area contributed by atoms with E-state index in [-0.39, 0.29) is 18.8 Å². The Bertz CT molecular complexity index is 1320. The van der Waals surface area contributed by atoms with Gasteiger partial charge in [-0.3, -0.25) is 14.4 Å². The van der Waals surface area contributed by atoms with E-state index in [0.717, 1.165) is 16.5 Å². The number of para-hydroxylation sites is 1. The molecule has 0 spiro atoms. The molecule has 1 aliphatic rings. The molecule has 1 saturated heterocycles. The maximum absolute atomic E-state index is 13.6. The topological polar surface area (TPSA) is 186 Å². The molecule has 0 aliphatic carbocycles. The summed E-state index contributed by atoms with van der Waals surface area (Å²) in [7, 11) is 0. The minimum Gasteiger partial charge on any atom is -0.480 e. The first-order valence-electron chi connectivity index (χ1n) is 13.1. The molecule has 4 unspecified atom stereocenters. The third kappa shape index (κ3) is 6.45. The zero-order valence-corrected chi connectivity index (χ0v) is 22.0. The van der Waals surface area contributed by atoms with E-state index in [1.54, 1.807) is 26.2 Å². The minimum atomic E-state index is -1.17. The number of hydrogen-bond donors (Lipinski definition) is 6. The number of aromatic amines is 2. The van der Waals surface area contributed by atoms with E-state index in [4.69, 9.17) is 5.73 Å². The summed E-state index contributed by atoms with van der Waals surface area (Å²) in [5.74, 6) is -2.84. The molecule has 1 fully saturated rings. The van der Waals surface area contributed by atoms with Gasteiger partial charge in [0.2, 0.25) is 17.7 Å². The highest BCUT2D eigenvalue weighted by atomic mass is 16.4. The number of likely N-dealkylation sites (tertiary alicyclic amines) is 1. The highest BCUT2D eigenvalue weighted by molar-refractivity contribution is 5.95. The average molecular weight is 538 g/mol. The maximum Gasteiger partial charge on any atom is 0.326 e. The number of amides is 3. The number of aliphatic carboxylic acids is 1. The molecular weight excluding hydrogens is 502 g/mol. The Balaban J connectivity index is 1.42. The molecule has 3 aromatic rings. The van der Waals surface area contributed by atoms with Crippen molar-refractivity contribution in [3.63, 3.8) is 0 Å². The highest BCUT2D eigenvalue weighted by Gasteiger charge is 2.40. The number of nitrogens with two attached hydrogens (primary N) is 1. The average Bonchev–Trinajstić information content (AvgIpc) is 3.67. The van der Waals surface area contributed by atoms with Crippen molar-refractivity contribution in [2.75, 3.05) is 6.54 Å². The number of carbonyl (C=O) groups excluding carboxylic acids is 3. The van der Waals surface area contributed by atoms with E-state index in [1.165, 1.54) is 11.2 Å². The smallest absolute Gasteiger partial charge is 0.326 e. The second-order valence-corrected chi connectivity index (χ2v) is 10.3. The number of imidazole rings is 1. The van der Waals surface area contributed by atoms with E-state index >= 15 is 0 Å². The first kappa shape index (κ1) is 27.8. The molecule has 3 amide bonds. The standard InChI is InChI=1S/C27H35N7O5/c1-15(2)23(33-24(35)19(28)11-17-13-29-14-31-17)26(37)34-9-5-8-22(34)25(36)32-21(27(38)39)10-16-12-30-20-7-4-3-6-18(16)20/h3-4,6-7,12-15,19,21-23,30H,5,8-11,28H2,1-2H3,(H,29,31)(H,32,36)(H,33,35)(H,38,39). The lowest BCUT2D eigenvalue weighted by atomic mass is 10.0. The van der Waals surface area contributed by atoms with Crippen LogP contribution in [0.3, 0.4) is 0 Å². The Morgan fingerprint density at radius 1 is 1.15 bits per heavy atom. The molecule has 12 nitrogen and oxygen atoms in total. The van der Waals surface area contributed by atoms with Gasteiger partial charge in [0, 0.05) is 48.4 Å². The van der Waals surface area contributed by atoms with E-state index in [9.17, 15) is 24.3 Å². The lowest BCUT2D eigenvalue weighted by Gasteiger charge is -2.31. The number of hydrogen-bond acceptors (Lipinski definition) is 6. The molecule has 7 N–H and O–H groups in total. The summed E-state index contributed by atoms with van der Waals surface area (Å²) in [5, 5.41) is 16.1. The van der Waals surface area contributed by atoms with Crippen molar-refractivity contribution in [1.82, 2.24) is 30.5 Å². The van der Waals surface area contributed by atoms with Crippen LogP contribution >= 0.6 is 0 Å². The lowest BCUT2D eigenvalue weighted by Crippen LogP contribution is -2.58. The zero-order chi connectivity index (χ0) is 28.1. The van der Waals surface area contributed by atoms with Crippen LogP contribution in [0.4, 0.5) is 0 Å². The number of H-pyrrole nitrogens is 2. The van der Waals surface area contributed by atoms with E-state index < -0.39 is 47.9 Å². The van der Waals surface area contributed by atoms with Gasteiger partial charge in [-0.15, -0.1) is 0 Å². The third-order valence-electron chi connectivity index (χ3n) is 7.11. The molecule has 1 aliphatic heterocycles. The summed E-state index contributed by atoms with van der Waals surface area (Å²) < 4.78 is 0. The van der Waals surface area contributed by atoms with Gasteiger partial charge < -0.3 is 36.3 Å². The Hall–Kier alpha value is -4.19. The number of carboxylic acids is 1. The van der Waals surface area contributed by atoms with Crippen LogP contribution in [0.25, 0.3) is 10.9 Å². The van der Waals surface area contributed by atoms with Gasteiger partial charge in [-0.1, -0.05) is 32.0 Å². The van der Waals surface area contributed by atoms with Crippen LogP contribution < -0.4 is 16.4 Å². The number of carbonyl (C=O) groups is 4. The summed E-state index contributed by atoms with van der Waals surface area (Å²) in [5.41, 5.74) is 8.40. The lowest BCUT2D eigenvalue weighted by molar-refractivity contribution is -0.145. The van der Waals surface area contributed by atoms with Crippen LogP contribution in [-0.2, 0) is 32.0 Å². The number of rotatable bonds is 11. The summed E-state index contributed by atoms with van der Waals surface area (Å²) in [6.07, 6.45) is 6.11. The summed E-state index contributed by atoms with van der Waals surface area (Å²) in [4.78, 5) is 63.0. The first-order valence-corrected chi connectivity index (χ1v) is 13.1. The molecular formula is C27H35N7O5. The fraction of sp³-hybridized carbons (Fsp3) is 0.444. The second-order valence-electron chi connectivity index (χ2n) is 10.3. The zero-order valence-electron chi connectivity index (χ0n) is 22.0. The van der Waals surface area contributed by atoms with Crippen LogP contribution in [0.2, 0.25) is 0 Å². The van der Waals surface area contributed by atoms with Gasteiger partial charge in [-0.25, -0.2) is 9.78 Å². The van der Waals surface area contributed by atoms with Crippen molar-refractivity contribution in [3.05, 3.63) is 54.2 Å². The van der Waals surface area contributed by atoms with Crippen molar-refractivity contribution in [1.29, 1.82) is 0 Å². The molecule has 39 heavy (non-hydrogen) atoms. The largest absolute Gasteiger partial charge is 0.480 e. The van der Waals surface area contributed by atoms with Crippen molar-refractivity contribution >= 4 is 34.6 Å². The predicted molar refractivity (Wildman–Crippen MR) is 143 cm³/mol. The SMILES string of the molecule is CC(C)C(NC(=O)C(N)Cc1cnc[nH]1)C(=O)N1CCCC1C(=O)NC(Cc1c[nH]c2ccccc12)C(=O)O. The molecule has 4 rings (SSSR count). The number of aromatic nitrogens is 3. The van der Waals surface area contributed by atoms with Crippen molar-refractivity contribution in [2.45, 2.75) is 63.7 Å². The van der Waals surface area contributed by atoms with Crippen molar-refractivity contribution in [2.24, 2.45) is 11.7 Å². The van der Waals surface area contributed by atoms with Crippen LogP contribution in [0.5, 0.6) is 0 Å². The van der Waals surface area contributed by atoms with Gasteiger partial charge in [-0.05, 0) is 30.4 Å². The summed E-state index contributed by atoms with van der Waals surface area (Å²) >= 11 is 0.